The smallest absolute Gasteiger partial charge is 0.175 e. The molecule has 1 N–H and O–H groups in total. The summed E-state index contributed by atoms with van der Waals surface area (Å²) in [5.41, 5.74) is 2.00. The van der Waals surface area contributed by atoms with Crippen LogP contribution in [-0.4, -0.2) is 19.1 Å². The molecular weight excluding hydrogens is 320 g/mol. The molecule has 20 heavy (non-hydrogen) atoms. The summed E-state index contributed by atoms with van der Waals surface area (Å²) in [7, 11) is 3.55. The summed E-state index contributed by atoms with van der Waals surface area (Å²) >= 11 is 3.53. The van der Waals surface area contributed by atoms with E-state index in [0.29, 0.717) is 18.1 Å². The molecule has 0 atom stereocenters. The molecule has 2 aromatic rings. The van der Waals surface area contributed by atoms with E-state index in [2.05, 4.69) is 26.2 Å². The molecule has 2 rings (SSSR count). The van der Waals surface area contributed by atoms with Gasteiger partial charge in [-0.3, -0.25) is 4.98 Å². The average Bonchev–Trinajstić information content (AvgIpc) is 2.47. The highest BCUT2D eigenvalue weighted by Crippen LogP contribution is 2.37. The maximum Gasteiger partial charge on any atom is 0.175 e. The number of rotatable bonds is 6. The molecule has 0 amide bonds. The normalized spacial score (nSPS) is 10.3. The standard InChI is InChI=1S/C15H17BrN2O2/c1-17-9-11-7-13(16)15(14(8-11)19-2)20-10-12-5-3-4-6-18-12/h3-8,17H,9-10H2,1-2H3. The molecule has 0 saturated carbocycles. The Morgan fingerprint density at radius 2 is 2.15 bits per heavy atom. The van der Waals surface area contributed by atoms with E-state index in [1.54, 1.807) is 13.3 Å². The van der Waals surface area contributed by atoms with Crippen LogP contribution in [0.15, 0.2) is 41.0 Å². The van der Waals surface area contributed by atoms with Gasteiger partial charge in [-0.1, -0.05) is 6.07 Å². The van der Waals surface area contributed by atoms with Crippen molar-refractivity contribution in [1.29, 1.82) is 0 Å². The second kappa shape index (κ2) is 7.26. The van der Waals surface area contributed by atoms with Gasteiger partial charge in [0.25, 0.3) is 0 Å². The molecule has 0 aliphatic heterocycles. The molecule has 0 fully saturated rings. The van der Waals surface area contributed by atoms with Gasteiger partial charge >= 0.3 is 0 Å². The van der Waals surface area contributed by atoms with Crippen LogP contribution in [0.4, 0.5) is 0 Å². The molecule has 0 bridgehead atoms. The first-order valence-corrected chi connectivity index (χ1v) is 7.07. The molecule has 0 unspecified atom stereocenters. The number of hydrogen-bond donors (Lipinski definition) is 1. The third-order valence-electron chi connectivity index (χ3n) is 2.76. The van der Waals surface area contributed by atoms with Gasteiger partial charge in [-0.2, -0.15) is 0 Å². The van der Waals surface area contributed by atoms with E-state index in [-0.39, 0.29) is 0 Å². The summed E-state index contributed by atoms with van der Waals surface area (Å²) in [5.74, 6) is 1.40. The molecule has 0 aliphatic rings. The van der Waals surface area contributed by atoms with E-state index < -0.39 is 0 Å². The lowest BCUT2D eigenvalue weighted by molar-refractivity contribution is 0.278. The van der Waals surface area contributed by atoms with Crippen LogP contribution in [0.2, 0.25) is 0 Å². The second-order valence-electron chi connectivity index (χ2n) is 4.25. The van der Waals surface area contributed by atoms with Gasteiger partial charge in [0.15, 0.2) is 11.5 Å². The van der Waals surface area contributed by atoms with E-state index in [9.17, 15) is 0 Å². The topological polar surface area (TPSA) is 43.4 Å². The van der Waals surface area contributed by atoms with Gasteiger partial charge in [0.2, 0.25) is 0 Å². The first-order valence-electron chi connectivity index (χ1n) is 6.28. The number of hydrogen-bond acceptors (Lipinski definition) is 4. The number of pyridine rings is 1. The summed E-state index contributed by atoms with van der Waals surface area (Å²) in [4.78, 5) is 4.23. The van der Waals surface area contributed by atoms with E-state index in [1.165, 1.54) is 0 Å². The van der Waals surface area contributed by atoms with Gasteiger partial charge in [-0.25, -0.2) is 0 Å². The number of nitrogens with one attached hydrogen (secondary N) is 1. The molecular formula is C15H17BrN2O2. The van der Waals surface area contributed by atoms with Crippen LogP contribution in [0.25, 0.3) is 0 Å². The lowest BCUT2D eigenvalue weighted by Gasteiger charge is -2.14. The van der Waals surface area contributed by atoms with Crippen molar-refractivity contribution in [1.82, 2.24) is 10.3 Å². The van der Waals surface area contributed by atoms with Crippen molar-refractivity contribution >= 4 is 15.9 Å². The minimum Gasteiger partial charge on any atom is -0.493 e. The highest BCUT2D eigenvalue weighted by Gasteiger charge is 2.12. The van der Waals surface area contributed by atoms with Crippen LogP contribution in [0, 0.1) is 0 Å². The maximum absolute atomic E-state index is 5.82. The Morgan fingerprint density at radius 3 is 2.80 bits per heavy atom. The van der Waals surface area contributed by atoms with E-state index in [4.69, 9.17) is 9.47 Å². The largest absolute Gasteiger partial charge is 0.493 e. The number of halogens is 1. The Hall–Kier alpha value is -1.59. The van der Waals surface area contributed by atoms with Crippen LogP contribution in [0.3, 0.4) is 0 Å². The fourth-order valence-corrected chi connectivity index (χ4v) is 2.45. The average molecular weight is 337 g/mol. The Bertz CT molecular complexity index is 561. The van der Waals surface area contributed by atoms with Crippen molar-refractivity contribution in [2.45, 2.75) is 13.2 Å². The summed E-state index contributed by atoms with van der Waals surface area (Å²) in [6.07, 6.45) is 1.75. The predicted molar refractivity (Wildman–Crippen MR) is 82.0 cm³/mol. The number of methoxy groups -OCH3 is 1. The van der Waals surface area contributed by atoms with Crippen LogP contribution in [0.5, 0.6) is 11.5 Å². The monoisotopic (exact) mass is 336 g/mol. The lowest BCUT2D eigenvalue weighted by Crippen LogP contribution is -2.06. The molecule has 0 spiro atoms. The number of ether oxygens (including phenoxy) is 2. The zero-order valence-electron chi connectivity index (χ0n) is 11.5. The third-order valence-corrected chi connectivity index (χ3v) is 3.35. The minimum atomic E-state index is 0.404. The first-order chi connectivity index (χ1) is 9.74. The third kappa shape index (κ3) is 3.71. The fraction of sp³-hybridized carbons (Fsp3) is 0.267. The second-order valence-corrected chi connectivity index (χ2v) is 5.10. The van der Waals surface area contributed by atoms with Gasteiger partial charge in [-0.05, 0) is 52.8 Å². The summed E-state index contributed by atoms with van der Waals surface area (Å²) in [5, 5.41) is 3.11. The highest BCUT2D eigenvalue weighted by molar-refractivity contribution is 9.10. The van der Waals surface area contributed by atoms with Crippen molar-refractivity contribution in [3.8, 4) is 11.5 Å². The van der Waals surface area contributed by atoms with Crippen LogP contribution >= 0.6 is 15.9 Å². The Balaban J connectivity index is 2.18. The highest BCUT2D eigenvalue weighted by atomic mass is 79.9. The van der Waals surface area contributed by atoms with Crippen molar-refractivity contribution in [3.63, 3.8) is 0 Å². The zero-order chi connectivity index (χ0) is 14.4. The molecule has 1 aromatic carbocycles. The SMILES string of the molecule is CNCc1cc(Br)c(OCc2ccccn2)c(OC)c1. The molecule has 4 nitrogen and oxygen atoms in total. The van der Waals surface area contributed by atoms with Gasteiger partial charge in [0, 0.05) is 12.7 Å². The van der Waals surface area contributed by atoms with Crippen molar-refractivity contribution in [2.75, 3.05) is 14.2 Å². The molecule has 0 saturated heterocycles. The number of benzene rings is 1. The quantitative estimate of drug-likeness (QED) is 0.879. The molecule has 1 heterocycles. The van der Waals surface area contributed by atoms with E-state index in [0.717, 1.165) is 22.3 Å². The zero-order valence-corrected chi connectivity index (χ0v) is 13.1. The Morgan fingerprint density at radius 1 is 1.30 bits per heavy atom. The van der Waals surface area contributed by atoms with Crippen LogP contribution in [0.1, 0.15) is 11.3 Å². The van der Waals surface area contributed by atoms with Crippen molar-refractivity contribution in [3.05, 3.63) is 52.3 Å². The molecule has 5 heteroatoms. The summed E-state index contributed by atoms with van der Waals surface area (Å²) in [6, 6.07) is 9.73. The fourth-order valence-electron chi connectivity index (χ4n) is 1.85. The van der Waals surface area contributed by atoms with E-state index in [1.807, 2.05) is 37.4 Å². The van der Waals surface area contributed by atoms with Crippen molar-refractivity contribution in [2.24, 2.45) is 0 Å². The van der Waals surface area contributed by atoms with Gasteiger partial charge in [0.05, 0.1) is 17.3 Å². The van der Waals surface area contributed by atoms with Gasteiger partial charge in [-0.15, -0.1) is 0 Å². The lowest BCUT2D eigenvalue weighted by atomic mass is 10.2. The van der Waals surface area contributed by atoms with Crippen LogP contribution < -0.4 is 14.8 Å². The first kappa shape index (κ1) is 14.8. The Kier molecular flexibility index (Phi) is 5.38. The van der Waals surface area contributed by atoms with Crippen molar-refractivity contribution < 1.29 is 9.47 Å². The molecule has 1 aromatic heterocycles. The summed E-state index contributed by atoms with van der Waals surface area (Å²) in [6.45, 7) is 1.18. The van der Waals surface area contributed by atoms with Gasteiger partial charge < -0.3 is 14.8 Å². The predicted octanol–water partition coefficient (Wildman–Crippen LogP) is 3.15. The minimum absolute atomic E-state index is 0.404. The summed E-state index contributed by atoms with van der Waals surface area (Å²) < 4.78 is 12.1. The molecule has 106 valence electrons. The number of nitrogens with zero attached hydrogens (tertiary/aromatic N) is 1. The number of aromatic nitrogens is 1. The molecule has 0 aliphatic carbocycles. The Labute approximate surface area is 127 Å². The molecule has 0 radical (unpaired) electrons. The maximum atomic E-state index is 5.82. The van der Waals surface area contributed by atoms with Gasteiger partial charge in [0.1, 0.15) is 6.61 Å². The van der Waals surface area contributed by atoms with Crippen LogP contribution in [-0.2, 0) is 13.2 Å². The van der Waals surface area contributed by atoms with E-state index >= 15 is 0 Å².